The van der Waals surface area contributed by atoms with Gasteiger partial charge in [0.2, 0.25) is 0 Å². The predicted molar refractivity (Wildman–Crippen MR) is 108 cm³/mol. The van der Waals surface area contributed by atoms with Gasteiger partial charge in [-0.2, -0.15) is 0 Å². The lowest BCUT2D eigenvalue weighted by Gasteiger charge is -2.24. The molecule has 7 heteroatoms. The van der Waals surface area contributed by atoms with E-state index in [0.717, 1.165) is 25.6 Å². The number of benzene rings is 2. The lowest BCUT2D eigenvalue weighted by Crippen LogP contribution is -2.30. The number of rotatable bonds is 2. The molecule has 0 saturated carbocycles. The second kappa shape index (κ2) is 8.65. The molecule has 0 aliphatic carbocycles. The summed E-state index contributed by atoms with van der Waals surface area (Å²) < 4.78 is 53.2. The van der Waals surface area contributed by atoms with Gasteiger partial charge in [0.05, 0.1) is 0 Å². The lowest BCUT2D eigenvalue weighted by atomic mass is 9.81. The number of hydrogen-bond donors (Lipinski definition) is 1. The van der Waals surface area contributed by atoms with E-state index in [1.165, 1.54) is 18.2 Å². The number of likely N-dealkylation sites (tertiary alicyclic amines) is 2. The molecule has 164 valence electrons. The monoisotopic (exact) mass is 424 g/mol. The van der Waals surface area contributed by atoms with Gasteiger partial charge >= 0.3 is 0 Å². The van der Waals surface area contributed by atoms with Crippen molar-refractivity contribution in [2.75, 3.05) is 40.3 Å². The quantitative estimate of drug-likeness (QED) is 0.737. The van der Waals surface area contributed by atoms with Crippen LogP contribution in [0.3, 0.4) is 0 Å². The van der Waals surface area contributed by atoms with E-state index in [0.29, 0.717) is 25.1 Å². The number of halogens is 4. The minimum absolute atomic E-state index is 0.0619. The summed E-state index contributed by atoms with van der Waals surface area (Å²) in [6, 6.07) is 8.36. The second-order valence-corrected chi connectivity index (χ2v) is 8.77. The fraction of sp³-hybridized carbons (Fsp3) is 0.478. The summed E-state index contributed by atoms with van der Waals surface area (Å²) in [5.41, 5.74) is -0.930. The Morgan fingerprint density at radius 1 is 0.767 bits per heavy atom. The van der Waals surface area contributed by atoms with Crippen molar-refractivity contribution in [1.82, 2.24) is 9.80 Å². The fourth-order valence-corrected chi connectivity index (χ4v) is 4.44. The number of likely N-dealkylation sites (N-methyl/N-ethyl adjacent to an activating group) is 2. The topological polar surface area (TPSA) is 26.7 Å². The van der Waals surface area contributed by atoms with Crippen LogP contribution in [-0.4, -0.2) is 55.2 Å². The maximum absolute atomic E-state index is 13.6. The summed E-state index contributed by atoms with van der Waals surface area (Å²) in [6.45, 7) is 4.74. The van der Waals surface area contributed by atoms with Gasteiger partial charge in [-0.05, 0) is 51.2 Å². The average molecular weight is 424 g/mol. The number of nitrogens with zero attached hydrogens (tertiary/aromatic N) is 2. The first-order chi connectivity index (χ1) is 14.1. The van der Waals surface area contributed by atoms with Crippen molar-refractivity contribution in [3.63, 3.8) is 0 Å². The van der Waals surface area contributed by atoms with E-state index in [2.05, 4.69) is 4.90 Å². The molecule has 2 aromatic rings. The first-order valence-electron chi connectivity index (χ1n) is 10.0. The molecule has 1 N–H and O–H groups in total. The Bertz CT molecular complexity index is 835. The molecule has 0 aromatic heterocycles. The highest BCUT2D eigenvalue weighted by atomic mass is 19.2. The molecule has 0 spiro atoms. The maximum atomic E-state index is 13.6. The van der Waals surface area contributed by atoms with Crippen LogP contribution in [0.2, 0.25) is 0 Å². The minimum Gasteiger partial charge on any atom is -0.384 e. The zero-order valence-electron chi connectivity index (χ0n) is 17.6. The van der Waals surface area contributed by atoms with Crippen LogP contribution in [0.4, 0.5) is 17.6 Å². The molecule has 2 unspecified atom stereocenters. The SMILES string of the molecule is CN1CCC(C)(c2cccc(F)c2F)C1.CN1CCC(O)(c2cccc(F)c2F)C1. The van der Waals surface area contributed by atoms with Crippen molar-refractivity contribution in [3.8, 4) is 0 Å². The largest absolute Gasteiger partial charge is 0.384 e. The molecule has 2 atom stereocenters. The predicted octanol–water partition coefficient (Wildman–Crippen LogP) is 4.05. The van der Waals surface area contributed by atoms with Crippen LogP contribution in [0.15, 0.2) is 36.4 Å². The van der Waals surface area contributed by atoms with E-state index in [1.54, 1.807) is 12.1 Å². The van der Waals surface area contributed by atoms with Crippen LogP contribution in [0.1, 0.15) is 30.9 Å². The third-order valence-electron chi connectivity index (χ3n) is 6.16. The second-order valence-electron chi connectivity index (χ2n) is 8.77. The van der Waals surface area contributed by atoms with Crippen molar-refractivity contribution < 1.29 is 22.7 Å². The normalized spacial score (nSPS) is 27.2. The Hall–Kier alpha value is -1.96. The van der Waals surface area contributed by atoms with Gasteiger partial charge in [-0.25, -0.2) is 17.6 Å². The Labute approximate surface area is 174 Å². The van der Waals surface area contributed by atoms with Crippen LogP contribution in [0.5, 0.6) is 0 Å². The van der Waals surface area contributed by atoms with Gasteiger partial charge < -0.3 is 14.9 Å². The molecule has 2 aliphatic heterocycles. The molecular formula is C23H28F4N2O. The van der Waals surface area contributed by atoms with Crippen LogP contribution in [0, 0.1) is 23.3 Å². The van der Waals surface area contributed by atoms with E-state index >= 15 is 0 Å². The molecule has 30 heavy (non-hydrogen) atoms. The van der Waals surface area contributed by atoms with Gasteiger partial charge in [-0.3, -0.25) is 0 Å². The van der Waals surface area contributed by atoms with Gasteiger partial charge in [0, 0.05) is 30.6 Å². The third-order valence-corrected chi connectivity index (χ3v) is 6.16. The molecule has 2 aromatic carbocycles. The highest BCUT2D eigenvalue weighted by Gasteiger charge is 2.39. The number of β-amino-alcohol motifs (C(OH)–C–C–N with tert-alkyl or cyclic N) is 1. The smallest absolute Gasteiger partial charge is 0.164 e. The van der Waals surface area contributed by atoms with Crippen molar-refractivity contribution in [2.24, 2.45) is 0 Å². The molecule has 0 bridgehead atoms. The van der Waals surface area contributed by atoms with Gasteiger partial charge in [0.25, 0.3) is 0 Å². The summed E-state index contributed by atoms with van der Waals surface area (Å²) in [4.78, 5) is 4.04. The van der Waals surface area contributed by atoms with Gasteiger partial charge in [-0.1, -0.05) is 31.2 Å². The molecule has 0 amide bonds. The Kier molecular flexibility index (Phi) is 6.55. The minimum atomic E-state index is -1.25. The summed E-state index contributed by atoms with van der Waals surface area (Å²) in [5, 5.41) is 10.2. The molecular weight excluding hydrogens is 396 g/mol. The molecule has 2 aliphatic rings. The van der Waals surface area contributed by atoms with Crippen LogP contribution in [0.25, 0.3) is 0 Å². The van der Waals surface area contributed by atoms with Crippen molar-refractivity contribution in [2.45, 2.75) is 30.8 Å². The lowest BCUT2D eigenvalue weighted by molar-refractivity contribution is 0.0445. The maximum Gasteiger partial charge on any atom is 0.164 e. The Morgan fingerprint density at radius 2 is 1.27 bits per heavy atom. The van der Waals surface area contributed by atoms with E-state index < -0.39 is 28.9 Å². The first-order valence-corrected chi connectivity index (χ1v) is 10.0. The number of aliphatic hydroxyl groups is 1. The van der Waals surface area contributed by atoms with Crippen molar-refractivity contribution in [1.29, 1.82) is 0 Å². The highest BCUT2D eigenvalue weighted by molar-refractivity contribution is 5.29. The highest BCUT2D eigenvalue weighted by Crippen LogP contribution is 2.35. The summed E-state index contributed by atoms with van der Waals surface area (Å²) in [6.07, 6.45) is 1.31. The third kappa shape index (κ3) is 4.53. The van der Waals surface area contributed by atoms with Crippen LogP contribution < -0.4 is 0 Å². The van der Waals surface area contributed by atoms with Crippen LogP contribution in [-0.2, 0) is 11.0 Å². The van der Waals surface area contributed by atoms with E-state index in [4.69, 9.17) is 0 Å². The zero-order valence-corrected chi connectivity index (χ0v) is 17.6. The molecule has 4 rings (SSSR count). The summed E-state index contributed by atoms with van der Waals surface area (Å²) in [5.74, 6) is -3.27. The molecule has 2 fully saturated rings. The van der Waals surface area contributed by atoms with Crippen molar-refractivity contribution in [3.05, 3.63) is 70.8 Å². The summed E-state index contributed by atoms with van der Waals surface area (Å²) in [7, 11) is 3.84. The van der Waals surface area contributed by atoms with Gasteiger partial charge in [0.15, 0.2) is 23.3 Å². The Balaban J connectivity index is 0.000000171. The molecule has 3 nitrogen and oxygen atoms in total. The van der Waals surface area contributed by atoms with Crippen molar-refractivity contribution >= 4 is 0 Å². The van der Waals surface area contributed by atoms with Crippen LogP contribution >= 0.6 is 0 Å². The van der Waals surface area contributed by atoms with Gasteiger partial charge in [0.1, 0.15) is 5.60 Å². The fourth-order valence-electron chi connectivity index (χ4n) is 4.44. The Morgan fingerprint density at radius 3 is 1.77 bits per heavy atom. The number of hydrogen-bond acceptors (Lipinski definition) is 3. The molecule has 2 heterocycles. The molecule has 2 saturated heterocycles. The van der Waals surface area contributed by atoms with Gasteiger partial charge in [-0.15, -0.1) is 0 Å². The van der Waals surface area contributed by atoms with E-state index in [-0.39, 0.29) is 11.0 Å². The van der Waals surface area contributed by atoms with E-state index in [9.17, 15) is 22.7 Å². The standard InChI is InChI=1S/C12H15F2N.C11H13F2NO/c1-12(6-7-15(2)8-12)9-4-3-5-10(13)11(9)14;1-14-6-5-11(15,7-14)8-3-2-4-9(12)10(8)13/h3-5H,6-8H2,1-2H3;2-4,15H,5-7H2,1H3. The van der Waals surface area contributed by atoms with E-state index in [1.807, 2.05) is 25.9 Å². The zero-order chi connectivity index (χ0) is 22.1. The molecule has 0 radical (unpaired) electrons. The first kappa shape index (κ1) is 22.7. The average Bonchev–Trinajstić information content (AvgIpc) is 3.22. The summed E-state index contributed by atoms with van der Waals surface area (Å²) >= 11 is 0.